The van der Waals surface area contributed by atoms with Crippen LogP contribution in [0.1, 0.15) is 15.9 Å². The van der Waals surface area contributed by atoms with Gasteiger partial charge in [0.1, 0.15) is 29.0 Å². The third kappa shape index (κ3) is 5.02. The summed E-state index contributed by atoms with van der Waals surface area (Å²) in [7, 11) is 1.31. The normalized spacial score (nSPS) is 11.1. The molecule has 0 aliphatic heterocycles. The zero-order valence-corrected chi connectivity index (χ0v) is 15.3. The van der Waals surface area contributed by atoms with Crippen molar-refractivity contribution in [3.05, 3.63) is 77.4 Å². The number of anilines is 1. The van der Waals surface area contributed by atoms with Crippen LogP contribution < -0.4 is 14.8 Å². The first-order valence-corrected chi connectivity index (χ1v) is 8.33. The third-order valence-corrected chi connectivity index (χ3v) is 3.81. The molecule has 3 aromatic rings. The van der Waals surface area contributed by atoms with Crippen LogP contribution in [-0.2, 0) is 6.18 Å². The van der Waals surface area contributed by atoms with Crippen molar-refractivity contribution in [2.75, 3.05) is 12.4 Å². The molecule has 0 spiro atoms. The first kappa shape index (κ1) is 21.0. The Morgan fingerprint density at radius 3 is 2.43 bits per heavy atom. The zero-order chi connectivity index (χ0) is 21.9. The number of hydrogen-bond acceptors (Lipinski definition) is 4. The maximum atomic E-state index is 13.8. The minimum Gasteiger partial charge on any atom is -0.496 e. The minimum atomic E-state index is -4.56. The fraction of sp³-hybridized carbons (Fsp3) is 0.100. The van der Waals surface area contributed by atoms with Crippen molar-refractivity contribution in [1.29, 1.82) is 0 Å². The van der Waals surface area contributed by atoms with Gasteiger partial charge in [-0.3, -0.25) is 4.79 Å². The Hall–Kier alpha value is -3.69. The quantitative estimate of drug-likeness (QED) is 0.555. The van der Waals surface area contributed by atoms with Crippen molar-refractivity contribution < 1.29 is 36.2 Å². The van der Waals surface area contributed by atoms with Crippen LogP contribution in [-0.4, -0.2) is 18.0 Å². The van der Waals surface area contributed by atoms with Gasteiger partial charge in [-0.25, -0.2) is 8.78 Å². The van der Waals surface area contributed by atoms with Gasteiger partial charge in [0.05, 0.1) is 18.2 Å². The van der Waals surface area contributed by atoms with E-state index in [0.717, 1.165) is 24.3 Å². The van der Waals surface area contributed by atoms with Gasteiger partial charge in [-0.2, -0.15) is 18.2 Å². The smallest absolute Gasteiger partial charge is 0.416 e. The lowest BCUT2D eigenvalue weighted by atomic mass is 10.2. The molecule has 2 aromatic carbocycles. The van der Waals surface area contributed by atoms with Gasteiger partial charge in [0.2, 0.25) is 5.88 Å². The largest absolute Gasteiger partial charge is 0.496 e. The maximum absolute atomic E-state index is 13.8. The van der Waals surface area contributed by atoms with E-state index in [2.05, 4.69) is 10.3 Å². The van der Waals surface area contributed by atoms with Crippen LogP contribution in [0.2, 0.25) is 0 Å². The summed E-state index contributed by atoms with van der Waals surface area (Å²) in [4.78, 5) is 16.2. The Balaban J connectivity index is 1.86. The number of hydrogen-bond donors (Lipinski definition) is 1. The summed E-state index contributed by atoms with van der Waals surface area (Å²) < 4.78 is 75.8. The summed E-state index contributed by atoms with van der Waals surface area (Å²) in [5, 5.41) is 2.30. The number of benzene rings is 2. The van der Waals surface area contributed by atoms with Crippen molar-refractivity contribution in [2.24, 2.45) is 0 Å². The highest BCUT2D eigenvalue weighted by Gasteiger charge is 2.30. The molecule has 10 heteroatoms. The molecule has 0 unspecified atom stereocenters. The predicted octanol–water partition coefficient (Wildman–Crippen LogP) is 5.43. The van der Waals surface area contributed by atoms with Crippen LogP contribution in [0.3, 0.4) is 0 Å². The van der Waals surface area contributed by atoms with E-state index in [-0.39, 0.29) is 23.2 Å². The van der Waals surface area contributed by atoms with E-state index < -0.39 is 34.8 Å². The second-order valence-electron chi connectivity index (χ2n) is 5.94. The van der Waals surface area contributed by atoms with Gasteiger partial charge < -0.3 is 14.8 Å². The summed E-state index contributed by atoms with van der Waals surface area (Å²) in [6.07, 6.45) is -4.56. The summed E-state index contributed by atoms with van der Waals surface area (Å²) >= 11 is 0. The van der Waals surface area contributed by atoms with Crippen molar-refractivity contribution in [3.8, 4) is 17.4 Å². The molecule has 0 radical (unpaired) electrons. The molecule has 156 valence electrons. The molecular weight excluding hydrogens is 411 g/mol. The Morgan fingerprint density at radius 2 is 1.77 bits per heavy atom. The molecule has 0 aliphatic rings. The molecule has 0 bridgehead atoms. The number of carbonyl (C=O) groups excluding carboxylic acids is 1. The number of aromatic nitrogens is 1. The molecule has 1 N–H and O–H groups in total. The molecular formula is C20H13F5N2O3. The lowest BCUT2D eigenvalue weighted by Crippen LogP contribution is -2.15. The molecule has 0 atom stereocenters. The lowest BCUT2D eigenvalue weighted by molar-refractivity contribution is -0.137. The van der Waals surface area contributed by atoms with E-state index in [1.54, 1.807) is 0 Å². The van der Waals surface area contributed by atoms with Crippen molar-refractivity contribution >= 4 is 11.7 Å². The summed E-state index contributed by atoms with van der Waals surface area (Å²) in [5.41, 5.74) is -1.34. The highest BCUT2D eigenvalue weighted by Crippen LogP contribution is 2.33. The maximum Gasteiger partial charge on any atom is 0.416 e. The van der Waals surface area contributed by atoms with Crippen molar-refractivity contribution in [3.63, 3.8) is 0 Å². The molecule has 1 amide bonds. The van der Waals surface area contributed by atoms with Gasteiger partial charge in [-0.1, -0.05) is 6.07 Å². The van der Waals surface area contributed by atoms with Gasteiger partial charge in [0.15, 0.2) is 0 Å². The number of nitrogens with zero attached hydrogens (tertiary/aromatic N) is 1. The molecule has 5 nitrogen and oxygen atoms in total. The minimum absolute atomic E-state index is 0.120. The van der Waals surface area contributed by atoms with E-state index >= 15 is 0 Å². The second-order valence-corrected chi connectivity index (χ2v) is 5.94. The standard InChI is InChI=1S/C20H13F5N2O3/c1-29-14-9-17(27-19(28)15-6-5-12(21)8-16(15)22)26-18(10-14)30-13-4-2-3-11(7-13)20(23,24)25/h2-10H,1H3,(H,26,27,28). The van der Waals surface area contributed by atoms with Crippen LogP contribution in [0, 0.1) is 11.6 Å². The Morgan fingerprint density at radius 1 is 1.00 bits per heavy atom. The van der Waals surface area contributed by atoms with E-state index in [9.17, 15) is 26.7 Å². The number of amides is 1. The van der Waals surface area contributed by atoms with Crippen LogP contribution in [0.25, 0.3) is 0 Å². The number of pyridine rings is 1. The van der Waals surface area contributed by atoms with Crippen LogP contribution in [0.5, 0.6) is 17.4 Å². The van der Waals surface area contributed by atoms with Crippen LogP contribution >= 0.6 is 0 Å². The first-order chi connectivity index (χ1) is 14.2. The topological polar surface area (TPSA) is 60.5 Å². The number of alkyl halides is 3. The van der Waals surface area contributed by atoms with Crippen molar-refractivity contribution in [2.45, 2.75) is 6.18 Å². The third-order valence-electron chi connectivity index (χ3n) is 3.81. The first-order valence-electron chi connectivity index (χ1n) is 8.33. The van der Waals surface area contributed by atoms with Crippen molar-refractivity contribution in [1.82, 2.24) is 4.98 Å². The van der Waals surface area contributed by atoms with Crippen LogP contribution in [0.15, 0.2) is 54.6 Å². The summed E-state index contributed by atoms with van der Waals surface area (Å²) in [6, 6.07) is 9.13. The number of carbonyl (C=O) groups is 1. The number of halogens is 5. The SMILES string of the molecule is COc1cc(NC(=O)c2ccc(F)cc2F)nc(Oc2cccc(C(F)(F)F)c2)c1. The van der Waals surface area contributed by atoms with Gasteiger partial charge in [0.25, 0.3) is 5.91 Å². The molecule has 0 fully saturated rings. The van der Waals surface area contributed by atoms with Gasteiger partial charge in [-0.05, 0) is 30.3 Å². The Bertz CT molecular complexity index is 1090. The molecule has 0 aliphatic carbocycles. The Labute approximate surface area is 167 Å². The lowest BCUT2D eigenvalue weighted by Gasteiger charge is -2.12. The highest BCUT2D eigenvalue weighted by atomic mass is 19.4. The fourth-order valence-electron chi connectivity index (χ4n) is 2.43. The molecule has 1 aromatic heterocycles. The summed E-state index contributed by atoms with van der Waals surface area (Å²) in [6.45, 7) is 0. The fourth-order valence-corrected chi connectivity index (χ4v) is 2.43. The highest BCUT2D eigenvalue weighted by molar-refractivity contribution is 6.04. The van der Waals surface area contributed by atoms with E-state index in [4.69, 9.17) is 9.47 Å². The molecule has 0 saturated heterocycles. The van der Waals surface area contributed by atoms with E-state index in [1.807, 2.05) is 0 Å². The van der Waals surface area contributed by atoms with Gasteiger partial charge in [0, 0.05) is 18.2 Å². The average Bonchev–Trinajstić information content (AvgIpc) is 2.67. The van der Waals surface area contributed by atoms with Gasteiger partial charge >= 0.3 is 6.18 Å². The summed E-state index contributed by atoms with van der Waals surface area (Å²) in [5.74, 6) is -3.11. The second kappa shape index (κ2) is 8.36. The van der Waals surface area contributed by atoms with Crippen LogP contribution in [0.4, 0.5) is 27.8 Å². The zero-order valence-electron chi connectivity index (χ0n) is 15.3. The number of rotatable bonds is 5. The molecule has 30 heavy (non-hydrogen) atoms. The number of methoxy groups -OCH3 is 1. The molecule has 1 heterocycles. The monoisotopic (exact) mass is 424 g/mol. The number of nitrogens with one attached hydrogen (secondary N) is 1. The molecule has 3 rings (SSSR count). The average molecular weight is 424 g/mol. The van der Waals surface area contributed by atoms with E-state index in [1.165, 1.54) is 31.4 Å². The Kier molecular flexibility index (Phi) is 5.86. The van der Waals surface area contributed by atoms with E-state index in [0.29, 0.717) is 6.07 Å². The predicted molar refractivity (Wildman–Crippen MR) is 96.6 cm³/mol. The number of ether oxygens (including phenoxy) is 2. The van der Waals surface area contributed by atoms with Gasteiger partial charge in [-0.15, -0.1) is 0 Å². The molecule has 0 saturated carbocycles.